The van der Waals surface area contributed by atoms with Crippen LogP contribution in [0.2, 0.25) is 0 Å². The Morgan fingerprint density at radius 3 is 2.84 bits per heavy atom. The third kappa shape index (κ3) is 4.91. The molecule has 2 N–H and O–H groups in total. The molecule has 1 aromatic rings. The number of rotatable bonds is 4. The van der Waals surface area contributed by atoms with Gasteiger partial charge in [-0.1, -0.05) is 6.92 Å². The first-order chi connectivity index (χ1) is 8.13. The number of amides is 1. The second-order valence-corrected chi connectivity index (χ2v) is 5.78. The van der Waals surface area contributed by atoms with Crippen LogP contribution in [0.25, 0.3) is 0 Å². The summed E-state index contributed by atoms with van der Waals surface area (Å²) >= 11 is 1.57. The molecule has 0 radical (unpaired) electrons. The summed E-state index contributed by atoms with van der Waals surface area (Å²) in [5.41, 5.74) is 8.68. The standard InChI is InChI=1S/C12H19N3OS.2ClH/c1-12(7-13)4-5-15(8-12)11(16)3-2-10-6-17-9-14-10;;/h6,9H,2-5,7-8,13H2,1H3;2*1H. The van der Waals surface area contributed by atoms with E-state index in [9.17, 15) is 4.79 Å². The monoisotopic (exact) mass is 325 g/mol. The normalized spacial score (nSPS) is 21.7. The topological polar surface area (TPSA) is 59.2 Å². The molecule has 0 bridgehead atoms. The van der Waals surface area contributed by atoms with Crippen molar-refractivity contribution in [3.8, 4) is 0 Å². The molecule has 2 heterocycles. The first kappa shape index (κ1) is 18.6. The second-order valence-electron chi connectivity index (χ2n) is 5.06. The van der Waals surface area contributed by atoms with Crippen LogP contribution in [0.4, 0.5) is 0 Å². The molecular weight excluding hydrogens is 305 g/mol. The first-order valence-corrected chi connectivity index (χ1v) is 6.92. The Morgan fingerprint density at radius 2 is 2.32 bits per heavy atom. The number of thiazole rings is 1. The summed E-state index contributed by atoms with van der Waals surface area (Å²) in [7, 11) is 0. The summed E-state index contributed by atoms with van der Waals surface area (Å²) in [5, 5.41) is 2.00. The predicted octanol–water partition coefficient (Wildman–Crippen LogP) is 2.12. The largest absolute Gasteiger partial charge is 0.342 e. The average molecular weight is 326 g/mol. The van der Waals surface area contributed by atoms with Gasteiger partial charge in [-0.15, -0.1) is 36.2 Å². The lowest BCUT2D eigenvalue weighted by atomic mass is 9.90. The zero-order valence-electron chi connectivity index (χ0n) is 11.0. The van der Waals surface area contributed by atoms with E-state index >= 15 is 0 Å². The van der Waals surface area contributed by atoms with Gasteiger partial charge in [-0.25, -0.2) is 4.98 Å². The van der Waals surface area contributed by atoms with Crippen LogP contribution in [0.1, 0.15) is 25.5 Å². The lowest BCUT2D eigenvalue weighted by molar-refractivity contribution is -0.130. The third-order valence-electron chi connectivity index (χ3n) is 3.48. The van der Waals surface area contributed by atoms with Crippen LogP contribution in [0, 0.1) is 5.41 Å². The molecule has 7 heteroatoms. The van der Waals surface area contributed by atoms with E-state index in [2.05, 4.69) is 11.9 Å². The Kier molecular flexibility index (Phi) is 7.89. The molecule has 2 rings (SSSR count). The van der Waals surface area contributed by atoms with Crippen molar-refractivity contribution in [3.63, 3.8) is 0 Å². The minimum absolute atomic E-state index is 0. The summed E-state index contributed by atoms with van der Waals surface area (Å²) in [4.78, 5) is 18.1. The van der Waals surface area contributed by atoms with E-state index in [4.69, 9.17) is 5.73 Å². The zero-order valence-corrected chi connectivity index (χ0v) is 13.5. The third-order valence-corrected chi connectivity index (χ3v) is 4.12. The smallest absolute Gasteiger partial charge is 0.222 e. The molecule has 0 aromatic carbocycles. The zero-order chi connectivity index (χ0) is 12.3. The summed E-state index contributed by atoms with van der Waals surface area (Å²) in [6.45, 7) is 4.46. The van der Waals surface area contributed by atoms with Crippen LogP contribution in [0.5, 0.6) is 0 Å². The molecule has 110 valence electrons. The Labute approximate surface area is 130 Å². The van der Waals surface area contributed by atoms with Crippen molar-refractivity contribution in [2.24, 2.45) is 11.1 Å². The highest BCUT2D eigenvalue weighted by Gasteiger charge is 2.34. The molecule has 1 unspecified atom stereocenters. The van der Waals surface area contributed by atoms with E-state index in [1.807, 2.05) is 10.3 Å². The fourth-order valence-electron chi connectivity index (χ4n) is 2.16. The second kappa shape index (κ2) is 8.04. The van der Waals surface area contributed by atoms with Gasteiger partial charge in [-0.2, -0.15) is 0 Å². The fourth-order valence-corrected chi connectivity index (χ4v) is 2.75. The van der Waals surface area contributed by atoms with E-state index in [0.29, 0.717) is 13.0 Å². The SMILES string of the molecule is CC1(CN)CCN(C(=O)CCc2cscn2)C1.Cl.Cl. The number of halogens is 2. The highest BCUT2D eigenvalue weighted by molar-refractivity contribution is 7.07. The molecule has 1 aromatic heterocycles. The van der Waals surface area contributed by atoms with Crippen LogP contribution in [0.3, 0.4) is 0 Å². The molecule has 0 spiro atoms. The summed E-state index contributed by atoms with van der Waals surface area (Å²) in [6.07, 6.45) is 2.33. The van der Waals surface area contributed by atoms with Gasteiger partial charge in [0, 0.05) is 24.9 Å². The van der Waals surface area contributed by atoms with Gasteiger partial charge in [-0.3, -0.25) is 4.79 Å². The molecule has 0 aliphatic carbocycles. The number of likely N-dealkylation sites (tertiary alicyclic amines) is 1. The number of aryl methyl sites for hydroxylation is 1. The maximum atomic E-state index is 12.0. The molecule has 1 aliphatic heterocycles. The van der Waals surface area contributed by atoms with Crippen LogP contribution >= 0.6 is 36.2 Å². The molecular formula is C12H21Cl2N3OS. The van der Waals surface area contributed by atoms with Crippen molar-refractivity contribution in [1.82, 2.24) is 9.88 Å². The Morgan fingerprint density at radius 1 is 1.58 bits per heavy atom. The quantitative estimate of drug-likeness (QED) is 0.922. The van der Waals surface area contributed by atoms with E-state index in [1.54, 1.807) is 16.8 Å². The number of hydrogen-bond donors (Lipinski definition) is 1. The summed E-state index contributed by atoms with van der Waals surface area (Å²) < 4.78 is 0. The minimum Gasteiger partial charge on any atom is -0.342 e. The highest BCUT2D eigenvalue weighted by atomic mass is 35.5. The van der Waals surface area contributed by atoms with Crippen molar-refractivity contribution in [2.45, 2.75) is 26.2 Å². The molecule has 1 saturated heterocycles. The van der Waals surface area contributed by atoms with Crippen molar-refractivity contribution in [2.75, 3.05) is 19.6 Å². The van der Waals surface area contributed by atoms with Crippen molar-refractivity contribution >= 4 is 42.1 Å². The van der Waals surface area contributed by atoms with Gasteiger partial charge >= 0.3 is 0 Å². The van der Waals surface area contributed by atoms with E-state index in [0.717, 1.165) is 31.6 Å². The van der Waals surface area contributed by atoms with Gasteiger partial charge in [0.15, 0.2) is 0 Å². The fraction of sp³-hybridized carbons (Fsp3) is 0.667. The summed E-state index contributed by atoms with van der Waals surface area (Å²) in [5.74, 6) is 0.232. The van der Waals surface area contributed by atoms with Gasteiger partial charge in [0.1, 0.15) is 0 Å². The van der Waals surface area contributed by atoms with Crippen molar-refractivity contribution < 1.29 is 4.79 Å². The summed E-state index contributed by atoms with van der Waals surface area (Å²) in [6, 6.07) is 0. The van der Waals surface area contributed by atoms with Crippen LogP contribution < -0.4 is 5.73 Å². The molecule has 4 nitrogen and oxygen atoms in total. The van der Waals surface area contributed by atoms with Gasteiger partial charge in [0.05, 0.1) is 11.2 Å². The average Bonchev–Trinajstić information content (AvgIpc) is 2.96. The van der Waals surface area contributed by atoms with E-state index in [-0.39, 0.29) is 36.1 Å². The molecule has 1 atom stereocenters. The Bertz CT molecular complexity index is 388. The first-order valence-electron chi connectivity index (χ1n) is 5.98. The number of hydrogen-bond acceptors (Lipinski definition) is 4. The lowest BCUT2D eigenvalue weighted by Gasteiger charge is -2.22. The predicted molar refractivity (Wildman–Crippen MR) is 83.3 cm³/mol. The van der Waals surface area contributed by atoms with Gasteiger partial charge in [-0.05, 0) is 24.8 Å². The van der Waals surface area contributed by atoms with Gasteiger partial charge in [0.25, 0.3) is 0 Å². The van der Waals surface area contributed by atoms with Crippen molar-refractivity contribution in [3.05, 3.63) is 16.6 Å². The molecule has 19 heavy (non-hydrogen) atoms. The van der Waals surface area contributed by atoms with E-state index in [1.165, 1.54) is 0 Å². The molecule has 0 saturated carbocycles. The van der Waals surface area contributed by atoms with Crippen LogP contribution in [0.15, 0.2) is 10.9 Å². The number of nitrogens with two attached hydrogens (primary N) is 1. The van der Waals surface area contributed by atoms with E-state index < -0.39 is 0 Å². The number of nitrogens with zero attached hydrogens (tertiary/aromatic N) is 2. The number of carbonyl (C=O) groups is 1. The minimum atomic E-state index is 0. The highest BCUT2D eigenvalue weighted by Crippen LogP contribution is 2.28. The van der Waals surface area contributed by atoms with Gasteiger partial charge in [0.2, 0.25) is 5.91 Å². The number of carbonyl (C=O) groups excluding carboxylic acids is 1. The number of aromatic nitrogens is 1. The van der Waals surface area contributed by atoms with Gasteiger partial charge < -0.3 is 10.6 Å². The maximum absolute atomic E-state index is 12.0. The molecule has 1 aliphatic rings. The van der Waals surface area contributed by atoms with Crippen LogP contribution in [-0.4, -0.2) is 35.4 Å². The lowest BCUT2D eigenvalue weighted by Crippen LogP contribution is -2.34. The molecule has 1 fully saturated rings. The Balaban J connectivity index is 0.00000162. The van der Waals surface area contributed by atoms with Crippen LogP contribution in [-0.2, 0) is 11.2 Å². The maximum Gasteiger partial charge on any atom is 0.222 e. The van der Waals surface area contributed by atoms with Crippen molar-refractivity contribution in [1.29, 1.82) is 0 Å². The molecule has 1 amide bonds. The Hall–Kier alpha value is -0.360.